The summed E-state index contributed by atoms with van der Waals surface area (Å²) >= 11 is 1.28. The Morgan fingerprint density at radius 3 is 2.33 bits per heavy atom. The number of nitrogens with zero attached hydrogens (tertiary/aromatic N) is 1. The Morgan fingerprint density at radius 1 is 1.08 bits per heavy atom. The van der Waals surface area contributed by atoms with E-state index < -0.39 is 0 Å². The topological polar surface area (TPSA) is 68.0 Å². The molecule has 0 aliphatic rings. The first-order valence-corrected chi connectivity index (χ1v) is 8.48. The summed E-state index contributed by atoms with van der Waals surface area (Å²) in [6.07, 6.45) is 0. The van der Waals surface area contributed by atoms with Crippen LogP contribution in [-0.4, -0.2) is 10.8 Å². The fourth-order valence-corrected chi connectivity index (χ4v) is 3.70. The normalized spacial score (nSPS) is 10.6. The molecule has 0 radical (unpaired) electrons. The van der Waals surface area contributed by atoms with Gasteiger partial charge in [0.25, 0.3) is 0 Å². The molecule has 0 fully saturated rings. The molecule has 0 aliphatic carbocycles. The predicted molar refractivity (Wildman–Crippen MR) is 100 cm³/mol. The van der Waals surface area contributed by atoms with Crippen molar-refractivity contribution < 1.29 is 4.79 Å². The third-order valence-electron chi connectivity index (χ3n) is 3.79. The number of nitrogen functional groups attached to an aromatic ring is 1. The number of benzene rings is 2. The maximum Gasteiger partial charge on any atom is 0.207 e. The summed E-state index contributed by atoms with van der Waals surface area (Å²) in [6.45, 7) is 5.93. The molecule has 3 N–H and O–H groups in total. The van der Waals surface area contributed by atoms with Crippen molar-refractivity contribution in [2.24, 2.45) is 0 Å². The van der Waals surface area contributed by atoms with Crippen LogP contribution in [0.25, 0.3) is 0 Å². The molecule has 0 aliphatic heterocycles. The summed E-state index contributed by atoms with van der Waals surface area (Å²) in [6, 6.07) is 13.7. The van der Waals surface area contributed by atoms with Crippen LogP contribution in [0.3, 0.4) is 0 Å². The number of aryl methyl sites for hydroxylation is 3. The number of ketones is 1. The smallest absolute Gasteiger partial charge is 0.207 e. The Balaban J connectivity index is 1.94. The molecule has 0 atom stereocenters. The van der Waals surface area contributed by atoms with Gasteiger partial charge < -0.3 is 11.1 Å². The van der Waals surface area contributed by atoms with E-state index in [2.05, 4.69) is 10.3 Å². The molecule has 0 saturated carbocycles. The second-order valence-electron chi connectivity index (χ2n) is 5.83. The van der Waals surface area contributed by atoms with Gasteiger partial charge in [-0.3, -0.25) is 4.79 Å². The van der Waals surface area contributed by atoms with Gasteiger partial charge in [-0.15, -0.1) is 0 Å². The minimum absolute atomic E-state index is 0.0684. The number of hydrogen-bond donors (Lipinski definition) is 2. The Bertz CT molecular complexity index is 877. The molecule has 2 aromatic carbocycles. The molecule has 0 spiro atoms. The Kier molecular flexibility index (Phi) is 4.36. The van der Waals surface area contributed by atoms with Crippen LogP contribution in [-0.2, 0) is 0 Å². The SMILES string of the molecule is Cc1cc(C)c(C(=O)c2sc(Nc3ccccc3)nc2N)c(C)c1. The largest absolute Gasteiger partial charge is 0.382 e. The van der Waals surface area contributed by atoms with Crippen LogP contribution in [0.2, 0.25) is 0 Å². The number of nitrogens with two attached hydrogens (primary N) is 1. The molecule has 1 heterocycles. The van der Waals surface area contributed by atoms with Crippen molar-refractivity contribution in [1.29, 1.82) is 0 Å². The third kappa shape index (κ3) is 3.16. The molecule has 24 heavy (non-hydrogen) atoms. The van der Waals surface area contributed by atoms with E-state index in [0.717, 1.165) is 22.4 Å². The van der Waals surface area contributed by atoms with E-state index >= 15 is 0 Å². The number of carbonyl (C=O) groups is 1. The van der Waals surface area contributed by atoms with E-state index in [4.69, 9.17) is 5.73 Å². The maximum atomic E-state index is 12.9. The first-order chi connectivity index (χ1) is 11.5. The van der Waals surface area contributed by atoms with E-state index in [1.54, 1.807) is 0 Å². The standard InChI is InChI=1S/C19H19N3OS/c1-11-9-12(2)15(13(3)10-11)16(23)17-18(20)22-19(24-17)21-14-7-5-4-6-8-14/h4-10H,20H2,1-3H3,(H,21,22). The monoisotopic (exact) mass is 337 g/mol. The summed E-state index contributed by atoms with van der Waals surface area (Å²) in [5.41, 5.74) is 10.7. The molecule has 5 heteroatoms. The molecule has 122 valence electrons. The second kappa shape index (κ2) is 6.45. The quantitative estimate of drug-likeness (QED) is 0.681. The first kappa shape index (κ1) is 16.2. The zero-order valence-electron chi connectivity index (χ0n) is 13.9. The number of hydrogen-bond acceptors (Lipinski definition) is 5. The van der Waals surface area contributed by atoms with Crippen molar-refractivity contribution in [3.8, 4) is 0 Å². The second-order valence-corrected chi connectivity index (χ2v) is 6.83. The lowest BCUT2D eigenvalue weighted by Gasteiger charge is -2.09. The van der Waals surface area contributed by atoms with E-state index in [9.17, 15) is 4.79 Å². The number of anilines is 3. The van der Waals surface area contributed by atoms with E-state index in [-0.39, 0.29) is 11.6 Å². The van der Waals surface area contributed by atoms with Crippen molar-refractivity contribution in [2.45, 2.75) is 20.8 Å². The van der Waals surface area contributed by atoms with Crippen LogP contribution in [0, 0.1) is 20.8 Å². The van der Waals surface area contributed by atoms with Gasteiger partial charge >= 0.3 is 0 Å². The third-order valence-corrected chi connectivity index (χ3v) is 4.77. The van der Waals surface area contributed by atoms with Crippen LogP contribution in [0.15, 0.2) is 42.5 Å². The van der Waals surface area contributed by atoms with Gasteiger partial charge in [-0.05, 0) is 44.0 Å². The van der Waals surface area contributed by atoms with Gasteiger partial charge in [0, 0.05) is 11.3 Å². The zero-order valence-corrected chi connectivity index (χ0v) is 14.7. The van der Waals surface area contributed by atoms with Crippen LogP contribution in [0.4, 0.5) is 16.6 Å². The molecular formula is C19H19N3OS. The highest BCUT2D eigenvalue weighted by molar-refractivity contribution is 7.18. The highest BCUT2D eigenvalue weighted by Crippen LogP contribution is 2.31. The van der Waals surface area contributed by atoms with Crippen molar-refractivity contribution >= 4 is 33.8 Å². The van der Waals surface area contributed by atoms with Crippen LogP contribution >= 0.6 is 11.3 Å². The lowest BCUT2D eigenvalue weighted by molar-refractivity contribution is 0.104. The average Bonchev–Trinajstić information content (AvgIpc) is 2.87. The Morgan fingerprint density at radius 2 is 1.71 bits per heavy atom. The van der Waals surface area contributed by atoms with Gasteiger partial charge in [-0.25, -0.2) is 4.98 Å². The Labute approximate surface area is 145 Å². The average molecular weight is 337 g/mol. The van der Waals surface area contributed by atoms with Gasteiger partial charge in [-0.2, -0.15) is 0 Å². The number of rotatable bonds is 4. The molecule has 0 amide bonds. The zero-order chi connectivity index (χ0) is 17.3. The van der Waals surface area contributed by atoms with Crippen molar-refractivity contribution in [2.75, 3.05) is 11.1 Å². The fourth-order valence-electron chi connectivity index (χ4n) is 2.84. The van der Waals surface area contributed by atoms with Gasteiger partial charge in [0.2, 0.25) is 5.78 Å². The fraction of sp³-hybridized carbons (Fsp3) is 0.158. The molecule has 0 unspecified atom stereocenters. The summed E-state index contributed by atoms with van der Waals surface area (Å²) in [5, 5.41) is 3.80. The molecular weight excluding hydrogens is 318 g/mol. The van der Waals surface area contributed by atoms with Crippen molar-refractivity contribution in [3.05, 3.63) is 69.6 Å². The minimum Gasteiger partial charge on any atom is -0.382 e. The summed E-state index contributed by atoms with van der Waals surface area (Å²) in [5.74, 6) is 0.198. The number of carbonyl (C=O) groups excluding carboxylic acids is 1. The summed E-state index contributed by atoms with van der Waals surface area (Å²) in [7, 11) is 0. The number of nitrogens with one attached hydrogen (secondary N) is 1. The predicted octanol–water partition coefficient (Wildman–Crippen LogP) is 4.63. The van der Waals surface area contributed by atoms with E-state index in [1.165, 1.54) is 11.3 Å². The summed E-state index contributed by atoms with van der Waals surface area (Å²) < 4.78 is 0. The summed E-state index contributed by atoms with van der Waals surface area (Å²) in [4.78, 5) is 17.7. The number of aromatic nitrogens is 1. The van der Waals surface area contributed by atoms with Crippen LogP contribution in [0.1, 0.15) is 31.9 Å². The van der Waals surface area contributed by atoms with Crippen molar-refractivity contribution in [3.63, 3.8) is 0 Å². The van der Waals surface area contributed by atoms with E-state index in [0.29, 0.717) is 15.6 Å². The van der Waals surface area contributed by atoms with Gasteiger partial charge in [-0.1, -0.05) is 47.2 Å². The minimum atomic E-state index is -0.0684. The first-order valence-electron chi connectivity index (χ1n) is 7.66. The van der Waals surface area contributed by atoms with Gasteiger partial charge in [0.05, 0.1) is 0 Å². The molecule has 4 nitrogen and oxygen atoms in total. The van der Waals surface area contributed by atoms with E-state index in [1.807, 2.05) is 63.2 Å². The molecule has 3 rings (SSSR count). The number of thiazole rings is 1. The lowest BCUT2D eigenvalue weighted by atomic mass is 9.96. The molecule has 0 bridgehead atoms. The van der Waals surface area contributed by atoms with Crippen molar-refractivity contribution in [1.82, 2.24) is 4.98 Å². The van der Waals surface area contributed by atoms with Crippen LogP contribution < -0.4 is 11.1 Å². The lowest BCUT2D eigenvalue weighted by Crippen LogP contribution is -2.07. The molecule has 1 aromatic heterocycles. The highest BCUT2D eigenvalue weighted by atomic mass is 32.1. The molecule has 0 saturated heterocycles. The molecule has 3 aromatic rings. The van der Waals surface area contributed by atoms with Crippen LogP contribution in [0.5, 0.6) is 0 Å². The Hall–Kier alpha value is -2.66. The number of para-hydroxylation sites is 1. The highest BCUT2D eigenvalue weighted by Gasteiger charge is 2.21. The van der Waals surface area contributed by atoms with Gasteiger partial charge in [0.15, 0.2) is 5.13 Å². The van der Waals surface area contributed by atoms with Gasteiger partial charge in [0.1, 0.15) is 10.7 Å². The maximum absolute atomic E-state index is 12.9.